The molecule has 0 aromatic heterocycles. The second-order valence-electron chi connectivity index (χ2n) is 5.23. The van der Waals surface area contributed by atoms with Crippen LogP contribution >= 0.6 is 0 Å². The molecule has 0 spiro atoms. The van der Waals surface area contributed by atoms with Crippen LogP contribution in [0.1, 0.15) is 13.3 Å². The van der Waals surface area contributed by atoms with Gasteiger partial charge in [0.1, 0.15) is 6.04 Å². The SMILES string of the molecule is CCCNC(=O)NC(=O)CN1CCNCC1C(=O)N(C)C. The average Bonchev–Trinajstić information content (AvgIpc) is 2.44. The number of piperazine rings is 1. The summed E-state index contributed by atoms with van der Waals surface area (Å²) in [5.41, 5.74) is 0. The first kappa shape index (κ1) is 17.4. The Labute approximate surface area is 125 Å². The van der Waals surface area contributed by atoms with Crippen molar-refractivity contribution in [2.75, 3.05) is 46.8 Å². The summed E-state index contributed by atoms with van der Waals surface area (Å²) in [4.78, 5) is 38.7. The van der Waals surface area contributed by atoms with Crippen LogP contribution in [0.3, 0.4) is 0 Å². The van der Waals surface area contributed by atoms with Crippen molar-refractivity contribution in [3.8, 4) is 0 Å². The zero-order valence-corrected chi connectivity index (χ0v) is 12.9. The van der Waals surface area contributed by atoms with Gasteiger partial charge >= 0.3 is 6.03 Å². The first-order valence-electron chi connectivity index (χ1n) is 7.19. The van der Waals surface area contributed by atoms with Gasteiger partial charge in [-0.05, 0) is 6.42 Å². The summed E-state index contributed by atoms with van der Waals surface area (Å²) < 4.78 is 0. The molecule has 1 unspecified atom stereocenters. The lowest BCUT2D eigenvalue weighted by Gasteiger charge is -2.35. The predicted octanol–water partition coefficient (Wildman–Crippen LogP) is -1.42. The van der Waals surface area contributed by atoms with Gasteiger partial charge in [0.25, 0.3) is 0 Å². The van der Waals surface area contributed by atoms with Gasteiger partial charge in [-0.3, -0.25) is 19.8 Å². The number of hydrogen-bond acceptors (Lipinski definition) is 5. The Morgan fingerprint density at radius 2 is 2.05 bits per heavy atom. The van der Waals surface area contributed by atoms with Gasteiger partial charge in [-0.25, -0.2) is 4.79 Å². The summed E-state index contributed by atoms with van der Waals surface area (Å²) in [5.74, 6) is -0.451. The fourth-order valence-electron chi connectivity index (χ4n) is 2.11. The molecule has 1 saturated heterocycles. The van der Waals surface area contributed by atoms with Crippen molar-refractivity contribution >= 4 is 17.8 Å². The molecular weight excluding hydrogens is 274 g/mol. The van der Waals surface area contributed by atoms with Crippen molar-refractivity contribution in [2.45, 2.75) is 19.4 Å². The molecule has 120 valence electrons. The molecule has 1 heterocycles. The van der Waals surface area contributed by atoms with Gasteiger partial charge in [0.15, 0.2) is 0 Å². The highest BCUT2D eigenvalue weighted by Gasteiger charge is 2.31. The van der Waals surface area contributed by atoms with Crippen LogP contribution in [0.2, 0.25) is 0 Å². The van der Waals surface area contributed by atoms with Crippen LogP contribution in [-0.2, 0) is 9.59 Å². The largest absolute Gasteiger partial charge is 0.347 e. The number of amides is 4. The molecule has 0 aliphatic carbocycles. The maximum atomic E-state index is 12.1. The molecular formula is C13H25N5O3. The number of carbonyl (C=O) groups is 3. The smallest absolute Gasteiger partial charge is 0.321 e. The van der Waals surface area contributed by atoms with Crippen molar-refractivity contribution < 1.29 is 14.4 Å². The highest BCUT2D eigenvalue weighted by molar-refractivity contribution is 5.95. The quantitative estimate of drug-likeness (QED) is 0.579. The van der Waals surface area contributed by atoms with Crippen molar-refractivity contribution in [1.29, 1.82) is 0 Å². The number of nitrogens with one attached hydrogen (secondary N) is 3. The Bertz CT molecular complexity index is 386. The lowest BCUT2D eigenvalue weighted by Crippen LogP contribution is -2.59. The van der Waals surface area contributed by atoms with Crippen LogP contribution in [0.15, 0.2) is 0 Å². The topological polar surface area (TPSA) is 93.8 Å². The van der Waals surface area contributed by atoms with E-state index in [0.29, 0.717) is 26.2 Å². The number of likely N-dealkylation sites (N-methyl/N-ethyl adjacent to an activating group) is 1. The molecule has 0 aromatic rings. The highest BCUT2D eigenvalue weighted by Crippen LogP contribution is 2.05. The Hall–Kier alpha value is -1.67. The summed E-state index contributed by atoms with van der Waals surface area (Å²) in [6.07, 6.45) is 0.804. The number of rotatable bonds is 5. The fourth-order valence-corrected chi connectivity index (χ4v) is 2.11. The van der Waals surface area contributed by atoms with Gasteiger partial charge in [0, 0.05) is 40.3 Å². The fraction of sp³-hybridized carbons (Fsp3) is 0.769. The second-order valence-corrected chi connectivity index (χ2v) is 5.23. The zero-order valence-electron chi connectivity index (χ0n) is 12.9. The molecule has 0 saturated carbocycles. The molecule has 21 heavy (non-hydrogen) atoms. The Morgan fingerprint density at radius 1 is 1.33 bits per heavy atom. The number of nitrogens with zero attached hydrogens (tertiary/aromatic N) is 2. The third-order valence-corrected chi connectivity index (χ3v) is 3.22. The van der Waals surface area contributed by atoms with Crippen LogP contribution in [0.4, 0.5) is 4.79 Å². The average molecular weight is 299 g/mol. The zero-order chi connectivity index (χ0) is 15.8. The van der Waals surface area contributed by atoms with Gasteiger partial charge < -0.3 is 15.5 Å². The number of hydrogen-bond donors (Lipinski definition) is 3. The van der Waals surface area contributed by atoms with Crippen LogP contribution < -0.4 is 16.0 Å². The molecule has 4 amide bonds. The van der Waals surface area contributed by atoms with E-state index in [2.05, 4.69) is 16.0 Å². The van der Waals surface area contributed by atoms with Gasteiger partial charge in [-0.2, -0.15) is 0 Å². The minimum Gasteiger partial charge on any atom is -0.347 e. The standard InChI is InChI=1S/C13H25N5O3/c1-4-5-15-13(21)16-11(19)9-18-7-6-14-8-10(18)12(20)17(2)3/h10,14H,4-9H2,1-3H3,(H2,15,16,19,21). The number of carbonyl (C=O) groups excluding carboxylic acids is 3. The minimum absolute atomic E-state index is 0.0332. The number of urea groups is 1. The van der Waals surface area contributed by atoms with E-state index in [4.69, 9.17) is 0 Å². The van der Waals surface area contributed by atoms with Gasteiger partial charge in [0.2, 0.25) is 11.8 Å². The van der Waals surface area contributed by atoms with E-state index in [1.807, 2.05) is 6.92 Å². The Balaban J connectivity index is 2.51. The Kier molecular flexibility index (Phi) is 7.10. The summed E-state index contributed by atoms with van der Waals surface area (Å²) in [5, 5.41) is 7.99. The van der Waals surface area contributed by atoms with Crippen LogP contribution in [0, 0.1) is 0 Å². The maximum absolute atomic E-state index is 12.1. The molecule has 0 aromatic carbocycles. The molecule has 8 nitrogen and oxygen atoms in total. The molecule has 0 radical (unpaired) electrons. The van der Waals surface area contributed by atoms with E-state index >= 15 is 0 Å². The first-order chi connectivity index (χ1) is 9.95. The lowest BCUT2D eigenvalue weighted by atomic mass is 10.1. The predicted molar refractivity (Wildman–Crippen MR) is 78.8 cm³/mol. The van der Waals surface area contributed by atoms with Crippen molar-refractivity contribution in [1.82, 2.24) is 25.8 Å². The highest BCUT2D eigenvalue weighted by atomic mass is 16.2. The molecule has 0 bridgehead atoms. The molecule has 8 heteroatoms. The lowest BCUT2D eigenvalue weighted by molar-refractivity contribution is -0.136. The van der Waals surface area contributed by atoms with Gasteiger partial charge in [0.05, 0.1) is 6.54 Å². The van der Waals surface area contributed by atoms with Crippen molar-refractivity contribution in [2.24, 2.45) is 0 Å². The van der Waals surface area contributed by atoms with Crippen LogP contribution in [0.5, 0.6) is 0 Å². The van der Waals surface area contributed by atoms with Crippen LogP contribution in [-0.4, -0.2) is 80.5 Å². The van der Waals surface area contributed by atoms with E-state index in [0.717, 1.165) is 6.42 Å². The van der Waals surface area contributed by atoms with E-state index in [1.165, 1.54) is 4.90 Å². The summed E-state index contributed by atoms with van der Waals surface area (Å²) >= 11 is 0. The Morgan fingerprint density at radius 3 is 2.67 bits per heavy atom. The maximum Gasteiger partial charge on any atom is 0.321 e. The molecule has 3 N–H and O–H groups in total. The van der Waals surface area contributed by atoms with E-state index in [1.54, 1.807) is 19.0 Å². The van der Waals surface area contributed by atoms with Gasteiger partial charge in [-0.1, -0.05) is 6.92 Å². The first-order valence-corrected chi connectivity index (χ1v) is 7.19. The van der Waals surface area contributed by atoms with Crippen molar-refractivity contribution in [3.05, 3.63) is 0 Å². The molecule has 1 aliphatic heterocycles. The molecule has 1 rings (SSSR count). The van der Waals surface area contributed by atoms with E-state index in [-0.39, 0.29) is 18.5 Å². The molecule has 1 aliphatic rings. The third-order valence-electron chi connectivity index (χ3n) is 3.22. The van der Waals surface area contributed by atoms with Crippen LogP contribution in [0.25, 0.3) is 0 Å². The van der Waals surface area contributed by atoms with Crippen molar-refractivity contribution in [3.63, 3.8) is 0 Å². The molecule has 1 atom stereocenters. The van der Waals surface area contributed by atoms with E-state index < -0.39 is 11.9 Å². The normalized spacial score (nSPS) is 18.9. The second kappa shape index (κ2) is 8.58. The summed E-state index contributed by atoms with van der Waals surface area (Å²) in [6, 6.07) is -0.870. The third kappa shape index (κ3) is 5.68. The van der Waals surface area contributed by atoms with Gasteiger partial charge in [-0.15, -0.1) is 0 Å². The number of imide groups is 1. The monoisotopic (exact) mass is 299 g/mol. The summed E-state index contributed by atoms with van der Waals surface area (Å²) in [6.45, 7) is 4.30. The minimum atomic E-state index is -0.493. The van der Waals surface area contributed by atoms with E-state index in [9.17, 15) is 14.4 Å². The molecule has 1 fully saturated rings. The summed E-state index contributed by atoms with van der Waals surface area (Å²) in [7, 11) is 3.38.